The number of esters is 1. The van der Waals surface area contributed by atoms with Crippen LogP contribution in [0.2, 0.25) is 19.1 Å². The Balaban J connectivity index is 3.33. The summed E-state index contributed by atoms with van der Waals surface area (Å²) in [5.74, 6) is -0.290. The predicted octanol–water partition coefficient (Wildman–Crippen LogP) is 3.72. The quantitative estimate of drug-likeness (QED) is 0.226. The fraction of sp³-hybridized carbons (Fsp3) is 0.727. The third-order valence-corrected chi connectivity index (χ3v) is 4.11. The Kier molecular flexibility index (Phi) is 6.93. The monoisotopic (exact) mass is 248 g/mol. The van der Waals surface area contributed by atoms with E-state index in [0.717, 1.165) is 25.3 Å². The Labute approximate surface area is 98.4 Å². The molecule has 0 radical (unpaired) electrons. The largest absolute Gasteiger partial charge is 0.462 e. The maximum Gasteiger partial charge on any atom is 0.333 e. The van der Waals surface area contributed by atoms with Crippen molar-refractivity contribution < 1.29 is 9.53 Å². The third kappa shape index (κ3) is 10.0. The Morgan fingerprint density at radius 2 is 1.93 bits per heavy atom. The minimum Gasteiger partial charge on any atom is -0.462 e. The van der Waals surface area contributed by atoms with Crippen LogP contribution in [0.15, 0.2) is 12.2 Å². The molecule has 2 nitrogen and oxygen atoms in total. The minimum absolute atomic E-state index is 0.290. The number of hydrogen-bond donors (Lipinski definition) is 0. The highest BCUT2D eigenvalue weighted by atomic mass is 35.6. The molecule has 0 amide bonds. The zero-order valence-corrected chi connectivity index (χ0v) is 11.7. The topological polar surface area (TPSA) is 26.3 Å². The summed E-state index contributed by atoms with van der Waals surface area (Å²) in [5.41, 5.74) is 0.462. The molecule has 0 aromatic carbocycles. The molecule has 4 heteroatoms. The van der Waals surface area contributed by atoms with E-state index in [9.17, 15) is 4.79 Å². The highest BCUT2D eigenvalue weighted by Gasteiger charge is 2.15. The smallest absolute Gasteiger partial charge is 0.333 e. The molecule has 0 spiro atoms. The molecule has 0 aliphatic rings. The van der Waals surface area contributed by atoms with Gasteiger partial charge in [0.15, 0.2) is 0 Å². The van der Waals surface area contributed by atoms with Crippen LogP contribution in [0.4, 0.5) is 0 Å². The van der Waals surface area contributed by atoms with Crippen molar-refractivity contribution in [3.63, 3.8) is 0 Å². The molecule has 0 N–H and O–H groups in total. The van der Waals surface area contributed by atoms with Crippen molar-refractivity contribution in [2.24, 2.45) is 0 Å². The van der Waals surface area contributed by atoms with E-state index in [1.165, 1.54) is 0 Å². The van der Waals surface area contributed by atoms with Gasteiger partial charge in [0.25, 0.3) is 0 Å². The van der Waals surface area contributed by atoms with E-state index in [4.69, 9.17) is 15.8 Å². The molecule has 15 heavy (non-hydrogen) atoms. The lowest BCUT2D eigenvalue weighted by atomic mass is 10.3. The van der Waals surface area contributed by atoms with Crippen molar-refractivity contribution in [3.05, 3.63) is 12.2 Å². The van der Waals surface area contributed by atoms with Gasteiger partial charge in [-0.1, -0.05) is 32.5 Å². The van der Waals surface area contributed by atoms with Crippen LogP contribution in [0.5, 0.6) is 0 Å². The Hall–Kier alpha value is -0.283. The molecule has 0 unspecified atom stereocenters. The van der Waals surface area contributed by atoms with Gasteiger partial charge >= 0.3 is 5.97 Å². The van der Waals surface area contributed by atoms with Gasteiger partial charge in [-0.05, 0) is 19.4 Å². The minimum atomic E-state index is -1.41. The van der Waals surface area contributed by atoms with E-state index in [1.807, 2.05) is 0 Å². The Morgan fingerprint density at radius 1 is 1.33 bits per heavy atom. The molecule has 0 aromatic heterocycles. The normalized spacial score (nSPS) is 11.2. The van der Waals surface area contributed by atoms with Crippen LogP contribution < -0.4 is 0 Å². The van der Waals surface area contributed by atoms with Gasteiger partial charge in [0.05, 0.1) is 6.61 Å². The number of carbonyl (C=O) groups is 1. The van der Waals surface area contributed by atoms with Crippen molar-refractivity contribution in [2.45, 2.75) is 45.3 Å². The lowest BCUT2D eigenvalue weighted by molar-refractivity contribution is -0.139. The van der Waals surface area contributed by atoms with E-state index in [2.05, 4.69) is 19.7 Å². The van der Waals surface area contributed by atoms with Gasteiger partial charge < -0.3 is 4.74 Å². The van der Waals surface area contributed by atoms with E-state index < -0.39 is 7.38 Å². The summed E-state index contributed by atoms with van der Waals surface area (Å²) in [7, 11) is -1.41. The van der Waals surface area contributed by atoms with E-state index in [1.54, 1.807) is 6.92 Å². The summed E-state index contributed by atoms with van der Waals surface area (Å²) >= 11 is 6.18. The molecular weight excluding hydrogens is 228 g/mol. The average molecular weight is 249 g/mol. The number of halogens is 1. The van der Waals surface area contributed by atoms with Crippen LogP contribution in [0, 0.1) is 0 Å². The van der Waals surface area contributed by atoms with Crippen molar-refractivity contribution in [1.29, 1.82) is 0 Å². The van der Waals surface area contributed by atoms with Crippen molar-refractivity contribution >= 4 is 24.4 Å². The summed E-state index contributed by atoms with van der Waals surface area (Å²) in [6, 6.07) is 1.13. The Bertz CT molecular complexity index is 221. The van der Waals surface area contributed by atoms with E-state index in [0.29, 0.717) is 12.2 Å². The molecule has 0 rings (SSSR count). The number of carbonyl (C=O) groups excluding carboxylic acids is 1. The first-order chi connectivity index (χ1) is 6.83. The number of rotatable bonds is 7. The van der Waals surface area contributed by atoms with Gasteiger partial charge in [0.1, 0.15) is 7.38 Å². The lowest BCUT2D eigenvalue weighted by Gasteiger charge is -2.11. The number of hydrogen-bond acceptors (Lipinski definition) is 2. The van der Waals surface area contributed by atoms with Crippen molar-refractivity contribution in [2.75, 3.05) is 6.61 Å². The van der Waals surface area contributed by atoms with Crippen LogP contribution in [-0.4, -0.2) is 20.0 Å². The van der Waals surface area contributed by atoms with Crippen molar-refractivity contribution in [1.82, 2.24) is 0 Å². The second-order valence-corrected chi connectivity index (χ2v) is 11.5. The van der Waals surface area contributed by atoms with E-state index >= 15 is 0 Å². The fourth-order valence-electron chi connectivity index (χ4n) is 1.11. The molecule has 0 saturated heterocycles. The van der Waals surface area contributed by atoms with Gasteiger partial charge in [-0.3, -0.25) is 0 Å². The summed E-state index contributed by atoms with van der Waals surface area (Å²) in [5, 5.41) is 0. The zero-order chi connectivity index (χ0) is 11.9. The average Bonchev–Trinajstić information content (AvgIpc) is 2.08. The summed E-state index contributed by atoms with van der Waals surface area (Å²) in [6.07, 6.45) is 3.13. The molecule has 88 valence electrons. The number of unbranched alkanes of at least 4 members (excludes halogenated alkanes) is 2. The fourth-order valence-corrected chi connectivity index (χ4v) is 2.60. The van der Waals surface area contributed by atoms with Gasteiger partial charge in [0, 0.05) is 5.57 Å². The van der Waals surface area contributed by atoms with Crippen LogP contribution in [-0.2, 0) is 9.53 Å². The van der Waals surface area contributed by atoms with Gasteiger partial charge in [-0.25, -0.2) is 4.79 Å². The van der Waals surface area contributed by atoms with Gasteiger partial charge in [-0.2, -0.15) is 11.1 Å². The maximum atomic E-state index is 11.0. The first kappa shape index (κ1) is 14.7. The summed E-state index contributed by atoms with van der Waals surface area (Å²) < 4.78 is 4.98. The first-order valence-electron chi connectivity index (χ1n) is 5.34. The van der Waals surface area contributed by atoms with Crippen LogP contribution >= 0.6 is 11.1 Å². The maximum absolute atomic E-state index is 11.0. The summed E-state index contributed by atoms with van der Waals surface area (Å²) in [4.78, 5) is 11.0. The molecule has 0 aromatic rings. The lowest BCUT2D eigenvalue weighted by Crippen LogP contribution is -2.15. The highest BCUT2D eigenvalue weighted by Crippen LogP contribution is 2.18. The van der Waals surface area contributed by atoms with Crippen molar-refractivity contribution in [3.8, 4) is 0 Å². The van der Waals surface area contributed by atoms with E-state index in [-0.39, 0.29) is 5.97 Å². The van der Waals surface area contributed by atoms with Crippen LogP contribution in [0.3, 0.4) is 0 Å². The van der Waals surface area contributed by atoms with Gasteiger partial charge in [0.2, 0.25) is 0 Å². The molecule has 0 atom stereocenters. The van der Waals surface area contributed by atoms with Crippen LogP contribution in [0.25, 0.3) is 0 Å². The highest BCUT2D eigenvalue weighted by molar-refractivity contribution is 7.19. The third-order valence-electron chi connectivity index (χ3n) is 2.00. The van der Waals surface area contributed by atoms with Crippen LogP contribution in [0.1, 0.15) is 26.2 Å². The molecule has 0 aliphatic heterocycles. The zero-order valence-electron chi connectivity index (χ0n) is 9.94. The molecule has 0 bridgehead atoms. The predicted molar refractivity (Wildman–Crippen MR) is 67.8 cm³/mol. The molecule has 0 aliphatic carbocycles. The second kappa shape index (κ2) is 7.07. The molecular formula is C11H21ClO2Si. The molecule has 0 saturated carbocycles. The number of ether oxygens (including phenoxy) is 1. The second-order valence-electron chi connectivity index (χ2n) is 4.45. The SMILES string of the molecule is C=C(C)C(=O)OCCCCC[Si](C)(C)Cl. The Morgan fingerprint density at radius 3 is 2.40 bits per heavy atom. The summed E-state index contributed by atoms with van der Waals surface area (Å²) in [6.45, 7) is 9.97. The molecule has 0 heterocycles. The first-order valence-corrected chi connectivity index (χ1v) is 9.56. The standard InChI is InChI=1S/C11H21ClO2Si/c1-10(2)11(13)14-8-6-5-7-9-15(3,4)12/h1,5-9H2,2-4H3. The molecule has 0 fully saturated rings. The van der Waals surface area contributed by atoms with Gasteiger partial charge in [-0.15, -0.1) is 0 Å².